The predicted molar refractivity (Wildman–Crippen MR) is 70.7 cm³/mol. The Bertz CT molecular complexity index is 329. The Hall–Kier alpha value is -0.300. The van der Waals surface area contributed by atoms with E-state index in [9.17, 15) is 5.11 Å². The molecule has 4 aliphatic carbocycles. The van der Waals surface area contributed by atoms with Crippen LogP contribution < -0.4 is 0 Å². The van der Waals surface area contributed by atoms with E-state index in [2.05, 4.69) is 13.5 Å². The highest BCUT2D eigenvalue weighted by Crippen LogP contribution is 2.66. The van der Waals surface area contributed by atoms with E-state index in [0.29, 0.717) is 5.41 Å². The van der Waals surface area contributed by atoms with Crippen molar-refractivity contribution in [3.8, 4) is 0 Å². The summed E-state index contributed by atoms with van der Waals surface area (Å²) in [6.45, 7) is 8.49. The third-order valence-corrected chi connectivity index (χ3v) is 5.65. The summed E-state index contributed by atoms with van der Waals surface area (Å²) in [5.74, 6) is 1.81. The standard InChI is InChI=1S/C16H26O/c1-11(2)4-14(17)16-8-12-5-13(9-16)7-15(3,6-12)10-16/h12-14,17H,1,4-10H2,2-3H3. The van der Waals surface area contributed by atoms with Gasteiger partial charge in [-0.1, -0.05) is 12.5 Å². The molecule has 96 valence electrons. The van der Waals surface area contributed by atoms with Gasteiger partial charge in [-0.25, -0.2) is 0 Å². The van der Waals surface area contributed by atoms with Gasteiger partial charge in [0, 0.05) is 0 Å². The normalized spacial score (nSPS) is 49.4. The third kappa shape index (κ3) is 1.87. The average molecular weight is 234 g/mol. The summed E-state index contributed by atoms with van der Waals surface area (Å²) in [6, 6.07) is 0. The van der Waals surface area contributed by atoms with Crippen molar-refractivity contribution in [2.24, 2.45) is 22.7 Å². The van der Waals surface area contributed by atoms with Crippen molar-refractivity contribution in [1.29, 1.82) is 0 Å². The molecule has 0 aromatic carbocycles. The second-order valence-corrected chi connectivity index (χ2v) is 7.81. The van der Waals surface area contributed by atoms with E-state index >= 15 is 0 Å². The van der Waals surface area contributed by atoms with Gasteiger partial charge in [0.1, 0.15) is 0 Å². The van der Waals surface area contributed by atoms with Crippen molar-refractivity contribution in [2.75, 3.05) is 0 Å². The molecule has 1 N–H and O–H groups in total. The lowest BCUT2D eigenvalue weighted by atomic mass is 9.43. The quantitative estimate of drug-likeness (QED) is 0.734. The minimum atomic E-state index is -0.134. The molecule has 4 fully saturated rings. The largest absolute Gasteiger partial charge is 0.392 e. The SMILES string of the molecule is C=C(C)CC(O)C12CC3CC(CC(C)(C3)C1)C2. The van der Waals surface area contributed by atoms with Crippen molar-refractivity contribution >= 4 is 0 Å². The summed E-state index contributed by atoms with van der Waals surface area (Å²) < 4.78 is 0. The van der Waals surface area contributed by atoms with Crippen LogP contribution in [0.2, 0.25) is 0 Å². The molecule has 4 saturated carbocycles. The second kappa shape index (κ2) is 3.60. The van der Waals surface area contributed by atoms with Gasteiger partial charge in [0.05, 0.1) is 6.10 Å². The minimum absolute atomic E-state index is 0.134. The Morgan fingerprint density at radius 2 is 1.88 bits per heavy atom. The van der Waals surface area contributed by atoms with Gasteiger partial charge in [0.15, 0.2) is 0 Å². The van der Waals surface area contributed by atoms with Crippen LogP contribution in [0.5, 0.6) is 0 Å². The van der Waals surface area contributed by atoms with Gasteiger partial charge in [0.2, 0.25) is 0 Å². The van der Waals surface area contributed by atoms with Crippen LogP contribution in [0.25, 0.3) is 0 Å². The molecular formula is C16H26O. The average Bonchev–Trinajstić information content (AvgIpc) is 2.11. The molecule has 3 atom stereocenters. The van der Waals surface area contributed by atoms with Gasteiger partial charge in [-0.15, -0.1) is 6.58 Å². The van der Waals surface area contributed by atoms with Crippen LogP contribution in [0, 0.1) is 22.7 Å². The van der Waals surface area contributed by atoms with Gasteiger partial charge >= 0.3 is 0 Å². The highest BCUT2D eigenvalue weighted by molar-refractivity contribution is 5.10. The van der Waals surface area contributed by atoms with E-state index in [0.717, 1.165) is 23.8 Å². The number of aliphatic hydroxyl groups excluding tert-OH is 1. The lowest BCUT2D eigenvalue weighted by Gasteiger charge is -2.62. The highest BCUT2D eigenvalue weighted by atomic mass is 16.3. The van der Waals surface area contributed by atoms with Crippen LogP contribution in [-0.2, 0) is 0 Å². The topological polar surface area (TPSA) is 20.2 Å². The molecular weight excluding hydrogens is 208 g/mol. The molecule has 0 aromatic rings. The molecule has 1 nitrogen and oxygen atoms in total. The van der Waals surface area contributed by atoms with E-state index in [1.807, 2.05) is 6.92 Å². The lowest BCUT2D eigenvalue weighted by Crippen LogP contribution is -2.55. The first kappa shape index (κ1) is 11.8. The van der Waals surface area contributed by atoms with E-state index in [1.165, 1.54) is 38.5 Å². The first-order valence-electron chi connectivity index (χ1n) is 7.23. The van der Waals surface area contributed by atoms with Crippen LogP contribution in [0.3, 0.4) is 0 Å². The van der Waals surface area contributed by atoms with Gasteiger partial charge < -0.3 is 5.11 Å². The smallest absolute Gasteiger partial charge is 0.0633 e. The van der Waals surface area contributed by atoms with E-state index in [4.69, 9.17) is 0 Å². The zero-order chi connectivity index (χ0) is 12.3. The zero-order valence-electron chi connectivity index (χ0n) is 11.3. The van der Waals surface area contributed by atoms with Gasteiger partial charge in [0.25, 0.3) is 0 Å². The molecule has 0 amide bonds. The van der Waals surface area contributed by atoms with Crippen molar-refractivity contribution in [3.05, 3.63) is 12.2 Å². The van der Waals surface area contributed by atoms with Crippen LogP contribution in [0.15, 0.2) is 12.2 Å². The molecule has 0 aliphatic heterocycles. The molecule has 0 radical (unpaired) electrons. The molecule has 0 spiro atoms. The Balaban J connectivity index is 1.85. The third-order valence-electron chi connectivity index (χ3n) is 5.65. The summed E-state index contributed by atoms with van der Waals surface area (Å²) in [4.78, 5) is 0. The summed E-state index contributed by atoms with van der Waals surface area (Å²) >= 11 is 0. The van der Waals surface area contributed by atoms with E-state index < -0.39 is 0 Å². The monoisotopic (exact) mass is 234 g/mol. The minimum Gasteiger partial charge on any atom is -0.392 e. The molecule has 0 aromatic heterocycles. The summed E-state index contributed by atoms with van der Waals surface area (Å²) in [5, 5.41) is 10.6. The zero-order valence-corrected chi connectivity index (χ0v) is 11.3. The summed E-state index contributed by atoms with van der Waals surface area (Å²) in [7, 11) is 0. The maximum Gasteiger partial charge on any atom is 0.0633 e. The highest BCUT2D eigenvalue weighted by Gasteiger charge is 2.57. The van der Waals surface area contributed by atoms with Crippen molar-refractivity contribution < 1.29 is 5.11 Å². The fraction of sp³-hybridized carbons (Fsp3) is 0.875. The summed E-state index contributed by atoms with van der Waals surface area (Å²) in [5.41, 5.74) is 1.93. The van der Waals surface area contributed by atoms with Crippen molar-refractivity contribution in [1.82, 2.24) is 0 Å². The maximum atomic E-state index is 10.6. The Morgan fingerprint density at radius 3 is 2.35 bits per heavy atom. The Labute approximate surface area is 105 Å². The van der Waals surface area contributed by atoms with Crippen LogP contribution in [0.4, 0.5) is 0 Å². The fourth-order valence-electron chi connectivity index (χ4n) is 5.73. The first-order chi connectivity index (χ1) is 7.91. The Kier molecular flexibility index (Phi) is 2.49. The number of hydrogen-bond acceptors (Lipinski definition) is 1. The van der Waals surface area contributed by atoms with E-state index in [-0.39, 0.29) is 11.5 Å². The van der Waals surface area contributed by atoms with Crippen LogP contribution >= 0.6 is 0 Å². The number of rotatable bonds is 3. The predicted octanol–water partition coefficient (Wildman–Crippen LogP) is 3.92. The van der Waals surface area contributed by atoms with Gasteiger partial charge in [-0.05, 0) is 74.5 Å². The van der Waals surface area contributed by atoms with Crippen LogP contribution in [0.1, 0.15) is 58.8 Å². The molecule has 4 rings (SSSR count). The maximum absolute atomic E-state index is 10.6. The molecule has 3 unspecified atom stereocenters. The second-order valence-electron chi connectivity index (χ2n) is 7.81. The van der Waals surface area contributed by atoms with Crippen molar-refractivity contribution in [3.63, 3.8) is 0 Å². The number of hydrogen-bond donors (Lipinski definition) is 1. The molecule has 1 heteroatoms. The van der Waals surface area contributed by atoms with E-state index in [1.54, 1.807) is 0 Å². The Morgan fingerprint density at radius 1 is 1.29 bits per heavy atom. The molecule has 0 heterocycles. The molecule has 0 saturated heterocycles. The van der Waals surface area contributed by atoms with Crippen molar-refractivity contribution in [2.45, 2.75) is 64.9 Å². The van der Waals surface area contributed by atoms with Crippen LogP contribution in [-0.4, -0.2) is 11.2 Å². The fourth-order valence-corrected chi connectivity index (χ4v) is 5.73. The molecule has 4 bridgehead atoms. The van der Waals surface area contributed by atoms with Gasteiger partial charge in [-0.3, -0.25) is 0 Å². The summed E-state index contributed by atoms with van der Waals surface area (Å²) in [6.07, 6.45) is 8.80. The lowest BCUT2D eigenvalue weighted by molar-refractivity contribution is -0.152. The molecule has 4 aliphatic rings. The first-order valence-corrected chi connectivity index (χ1v) is 7.23. The van der Waals surface area contributed by atoms with Gasteiger partial charge in [-0.2, -0.15) is 0 Å². The number of aliphatic hydroxyl groups is 1. The molecule has 17 heavy (non-hydrogen) atoms.